The molecule has 0 saturated carbocycles. The maximum Gasteiger partial charge on any atom is 0.337 e. The largest absolute Gasteiger partial charge is 0.465 e. The molecule has 0 radical (unpaired) electrons. The number of ether oxygens (including phenoxy) is 1. The molecule has 1 aliphatic rings. The van der Waals surface area contributed by atoms with E-state index in [1.54, 1.807) is 23.5 Å². The normalized spacial score (nSPS) is 16.6. The molecule has 1 atom stereocenters. The summed E-state index contributed by atoms with van der Waals surface area (Å²) < 4.78 is 4.73. The fourth-order valence-electron chi connectivity index (χ4n) is 3.54. The Hall–Kier alpha value is -2.91. The second-order valence-corrected chi connectivity index (χ2v) is 8.47. The molecule has 1 unspecified atom stereocenters. The third kappa shape index (κ3) is 6.53. The SMILES string of the molecule is COC(=O)c1ccc(N2CCN(CC(=O)NC(=O)NCCc3cccs3)C(C)C2)cc1. The zero-order valence-electron chi connectivity index (χ0n) is 17.8. The van der Waals surface area contributed by atoms with Gasteiger partial charge in [0.2, 0.25) is 5.91 Å². The van der Waals surface area contributed by atoms with Gasteiger partial charge in [0, 0.05) is 42.8 Å². The number of urea groups is 1. The first-order valence-corrected chi connectivity index (χ1v) is 11.1. The van der Waals surface area contributed by atoms with Crippen molar-refractivity contribution < 1.29 is 19.1 Å². The van der Waals surface area contributed by atoms with E-state index in [0.29, 0.717) is 18.7 Å². The Kier molecular flexibility index (Phi) is 8.02. The molecule has 1 aliphatic heterocycles. The van der Waals surface area contributed by atoms with Gasteiger partial charge in [0.15, 0.2) is 0 Å². The summed E-state index contributed by atoms with van der Waals surface area (Å²) in [6, 6.07) is 11.0. The summed E-state index contributed by atoms with van der Waals surface area (Å²) in [4.78, 5) is 41.3. The number of nitrogens with one attached hydrogen (secondary N) is 2. The summed E-state index contributed by atoms with van der Waals surface area (Å²) in [6.07, 6.45) is 0.749. The molecule has 2 aromatic rings. The molecule has 9 heteroatoms. The number of hydrogen-bond donors (Lipinski definition) is 2. The monoisotopic (exact) mass is 444 g/mol. The van der Waals surface area contributed by atoms with Gasteiger partial charge >= 0.3 is 12.0 Å². The van der Waals surface area contributed by atoms with Crippen LogP contribution in [0.2, 0.25) is 0 Å². The van der Waals surface area contributed by atoms with Crippen LogP contribution in [0.1, 0.15) is 22.2 Å². The molecular weight excluding hydrogens is 416 g/mol. The van der Waals surface area contributed by atoms with Crippen molar-refractivity contribution in [3.8, 4) is 0 Å². The minimum absolute atomic E-state index is 0.140. The lowest BCUT2D eigenvalue weighted by atomic mass is 10.1. The number of anilines is 1. The molecule has 8 nitrogen and oxygen atoms in total. The average molecular weight is 445 g/mol. The van der Waals surface area contributed by atoms with Gasteiger partial charge in [0.25, 0.3) is 0 Å². The Morgan fingerprint density at radius 2 is 1.94 bits per heavy atom. The van der Waals surface area contributed by atoms with Crippen molar-refractivity contribution in [2.24, 2.45) is 0 Å². The van der Waals surface area contributed by atoms with Crippen LogP contribution >= 0.6 is 11.3 Å². The van der Waals surface area contributed by atoms with E-state index in [4.69, 9.17) is 4.74 Å². The van der Waals surface area contributed by atoms with Gasteiger partial charge in [-0.25, -0.2) is 9.59 Å². The standard InChI is InChI=1S/C22H28N4O4S/c1-16-14-26(18-7-5-17(6-8-18)21(28)30-2)12-11-25(16)15-20(27)24-22(29)23-10-9-19-4-3-13-31-19/h3-8,13,16H,9-12,14-15H2,1-2H3,(H2,23,24,27,29). The maximum absolute atomic E-state index is 12.3. The molecule has 166 valence electrons. The van der Waals surface area contributed by atoms with Gasteiger partial charge in [-0.3, -0.25) is 15.0 Å². The highest BCUT2D eigenvalue weighted by Crippen LogP contribution is 2.20. The second kappa shape index (κ2) is 10.9. The van der Waals surface area contributed by atoms with E-state index in [9.17, 15) is 14.4 Å². The van der Waals surface area contributed by atoms with Crippen LogP contribution in [-0.4, -0.2) is 68.7 Å². The number of carbonyl (C=O) groups excluding carboxylic acids is 3. The van der Waals surface area contributed by atoms with Gasteiger partial charge in [0.1, 0.15) is 0 Å². The van der Waals surface area contributed by atoms with Crippen LogP contribution < -0.4 is 15.5 Å². The minimum Gasteiger partial charge on any atom is -0.465 e. The molecule has 1 fully saturated rings. The Morgan fingerprint density at radius 3 is 2.58 bits per heavy atom. The molecule has 2 N–H and O–H groups in total. The van der Waals surface area contributed by atoms with Crippen molar-refractivity contribution in [1.29, 1.82) is 0 Å². The summed E-state index contributed by atoms with van der Waals surface area (Å²) in [7, 11) is 1.36. The number of rotatable bonds is 7. The number of hydrogen-bond acceptors (Lipinski definition) is 7. The van der Waals surface area contributed by atoms with Gasteiger partial charge in [0.05, 0.1) is 19.2 Å². The van der Waals surface area contributed by atoms with E-state index in [-0.39, 0.29) is 24.5 Å². The van der Waals surface area contributed by atoms with E-state index in [1.165, 1.54) is 12.0 Å². The van der Waals surface area contributed by atoms with Gasteiger partial charge in [-0.15, -0.1) is 11.3 Å². The zero-order chi connectivity index (χ0) is 22.2. The molecule has 3 amide bonds. The second-order valence-electron chi connectivity index (χ2n) is 7.44. The Morgan fingerprint density at radius 1 is 1.16 bits per heavy atom. The summed E-state index contributed by atoms with van der Waals surface area (Å²) in [6.45, 7) is 4.93. The molecule has 1 aromatic carbocycles. The number of carbonyl (C=O) groups is 3. The number of thiophene rings is 1. The molecule has 0 spiro atoms. The number of benzene rings is 1. The first kappa shape index (κ1) is 22.8. The van der Waals surface area contributed by atoms with Crippen LogP contribution in [-0.2, 0) is 16.0 Å². The Bertz CT molecular complexity index is 885. The quantitative estimate of drug-likeness (QED) is 0.636. The van der Waals surface area contributed by atoms with Crippen LogP contribution in [0.3, 0.4) is 0 Å². The molecule has 31 heavy (non-hydrogen) atoms. The van der Waals surface area contributed by atoms with Gasteiger partial charge < -0.3 is 15.0 Å². The van der Waals surface area contributed by atoms with Gasteiger partial charge in [-0.1, -0.05) is 6.07 Å². The predicted octanol–water partition coefficient (Wildman–Crippen LogP) is 2.11. The Labute approximate surface area is 186 Å². The fourth-order valence-corrected chi connectivity index (χ4v) is 4.25. The van der Waals surface area contributed by atoms with Gasteiger partial charge in [-0.05, 0) is 49.1 Å². The first-order chi connectivity index (χ1) is 15.0. The number of amides is 3. The molecule has 0 aliphatic carbocycles. The number of esters is 1. The van der Waals surface area contributed by atoms with E-state index in [2.05, 4.69) is 27.4 Å². The third-order valence-electron chi connectivity index (χ3n) is 5.26. The van der Waals surface area contributed by atoms with E-state index < -0.39 is 6.03 Å². The van der Waals surface area contributed by atoms with Crippen molar-refractivity contribution >= 4 is 34.9 Å². The van der Waals surface area contributed by atoms with Crippen LogP contribution in [0, 0.1) is 0 Å². The molecule has 3 rings (SSSR count). The lowest BCUT2D eigenvalue weighted by molar-refractivity contribution is -0.121. The first-order valence-electron chi connectivity index (χ1n) is 10.2. The molecule has 2 heterocycles. The number of piperazine rings is 1. The predicted molar refractivity (Wildman–Crippen MR) is 121 cm³/mol. The van der Waals surface area contributed by atoms with Crippen molar-refractivity contribution in [2.75, 3.05) is 44.7 Å². The summed E-state index contributed by atoms with van der Waals surface area (Å²) in [5.74, 6) is -0.664. The number of methoxy groups -OCH3 is 1. The fraction of sp³-hybridized carbons (Fsp3) is 0.409. The smallest absolute Gasteiger partial charge is 0.337 e. The average Bonchev–Trinajstić information content (AvgIpc) is 3.28. The van der Waals surface area contributed by atoms with Crippen molar-refractivity contribution in [2.45, 2.75) is 19.4 Å². The summed E-state index contributed by atoms with van der Waals surface area (Å²) in [5, 5.41) is 7.13. The summed E-state index contributed by atoms with van der Waals surface area (Å²) in [5.41, 5.74) is 1.54. The van der Waals surface area contributed by atoms with Crippen LogP contribution in [0.4, 0.5) is 10.5 Å². The van der Waals surface area contributed by atoms with E-state index in [0.717, 1.165) is 25.2 Å². The minimum atomic E-state index is -0.460. The van der Waals surface area contributed by atoms with Crippen LogP contribution in [0.25, 0.3) is 0 Å². The summed E-state index contributed by atoms with van der Waals surface area (Å²) >= 11 is 1.64. The van der Waals surface area contributed by atoms with Crippen LogP contribution in [0.15, 0.2) is 41.8 Å². The third-order valence-corrected chi connectivity index (χ3v) is 6.19. The van der Waals surface area contributed by atoms with E-state index in [1.807, 2.05) is 29.6 Å². The molecule has 1 aromatic heterocycles. The van der Waals surface area contributed by atoms with E-state index >= 15 is 0 Å². The highest BCUT2D eigenvalue weighted by atomic mass is 32.1. The lowest BCUT2D eigenvalue weighted by Gasteiger charge is -2.40. The Balaban J connectivity index is 1.41. The molecule has 0 bridgehead atoms. The topological polar surface area (TPSA) is 91.0 Å². The van der Waals surface area contributed by atoms with Crippen LogP contribution in [0.5, 0.6) is 0 Å². The highest BCUT2D eigenvalue weighted by molar-refractivity contribution is 7.09. The molecule has 1 saturated heterocycles. The lowest BCUT2D eigenvalue weighted by Crippen LogP contribution is -2.55. The van der Waals surface area contributed by atoms with Crippen molar-refractivity contribution in [1.82, 2.24) is 15.5 Å². The molecular formula is C22H28N4O4S. The van der Waals surface area contributed by atoms with Crippen molar-refractivity contribution in [3.63, 3.8) is 0 Å². The zero-order valence-corrected chi connectivity index (χ0v) is 18.6. The van der Waals surface area contributed by atoms with Gasteiger partial charge in [-0.2, -0.15) is 0 Å². The number of nitrogens with zero attached hydrogens (tertiary/aromatic N) is 2. The number of imide groups is 1. The van der Waals surface area contributed by atoms with Crippen molar-refractivity contribution in [3.05, 3.63) is 52.2 Å². The highest BCUT2D eigenvalue weighted by Gasteiger charge is 2.26. The maximum atomic E-state index is 12.3.